The van der Waals surface area contributed by atoms with E-state index < -0.39 is 10.0 Å². The second-order valence-electron chi connectivity index (χ2n) is 7.85. The molecule has 1 aromatic heterocycles. The van der Waals surface area contributed by atoms with Crippen LogP contribution in [0.15, 0.2) is 108 Å². The highest BCUT2D eigenvalue weighted by Gasteiger charge is 2.14. The van der Waals surface area contributed by atoms with Gasteiger partial charge in [-0.25, -0.2) is 13.4 Å². The fourth-order valence-electron chi connectivity index (χ4n) is 3.34. The maximum Gasteiger partial charge on any atom is 0.263 e. The number of pyridine rings is 1. The van der Waals surface area contributed by atoms with Crippen molar-refractivity contribution >= 4 is 33.5 Å². The molecule has 0 spiro atoms. The number of sulfonamides is 1. The number of ether oxygens (including phenoxy) is 2. The van der Waals surface area contributed by atoms with Crippen molar-refractivity contribution in [1.82, 2.24) is 4.98 Å². The highest BCUT2D eigenvalue weighted by molar-refractivity contribution is 7.92. The van der Waals surface area contributed by atoms with Crippen LogP contribution in [0.25, 0.3) is 6.08 Å². The van der Waals surface area contributed by atoms with E-state index in [2.05, 4.69) is 15.0 Å². The molecule has 0 unspecified atom stereocenters. The number of anilines is 2. The monoisotopic (exact) mass is 515 g/mol. The first-order valence-corrected chi connectivity index (χ1v) is 12.8. The number of hydrogen-bond acceptors (Lipinski definition) is 6. The molecule has 0 saturated heterocycles. The Hall–Kier alpha value is -4.63. The van der Waals surface area contributed by atoms with Gasteiger partial charge in [-0.05, 0) is 65.7 Å². The van der Waals surface area contributed by atoms with E-state index in [1.54, 1.807) is 43.5 Å². The molecule has 1 heterocycles. The number of carbonyl (C=O) groups excluding carboxylic acids is 1. The van der Waals surface area contributed by atoms with Gasteiger partial charge in [0.2, 0.25) is 5.91 Å². The molecule has 9 heteroatoms. The lowest BCUT2D eigenvalue weighted by molar-refractivity contribution is -0.111. The Balaban J connectivity index is 1.35. The van der Waals surface area contributed by atoms with Crippen molar-refractivity contribution in [3.05, 3.63) is 114 Å². The predicted molar refractivity (Wildman–Crippen MR) is 143 cm³/mol. The van der Waals surface area contributed by atoms with E-state index in [-0.39, 0.29) is 16.6 Å². The van der Waals surface area contributed by atoms with Crippen LogP contribution in [0.5, 0.6) is 11.5 Å². The summed E-state index contributed by atoms with van der Waals surface area (Å²) in [5, 5.41) is 2.71. The smallest absolute Gasteiger partial charge is 0.263 e. The van der Waals surface area contributed by atoms with E-state index in [1.807, 2.05) is 36.4 Å². The van der Waals surface area contributed by atoms with Crippen molar-refractivity contribution < 1.29 is 22.7 Å². The lowest BCUT2D eigenvalue weighted by Gasteiger charge is -2.11. The van der Waals surface area contributed by atoms with Gasteiger partial charge in [0, 0.05) is 18.0 Å². The molecule has 2 N–H and O–H groups in total. The summed E-state index contributed by atoms with van der Waals surface area (Å²) in [6.45, 7) is 0.411. The summed E-state index contributed by atoms with van der Waals surface area (Å²) in [7, 11) is -2.24. The zero-order valence-electron chi connectivity index (χ0n) is 20.0. The molecule has 0 aliphatic carbocycles. The third-order valence-electron chi connectivity index (χ3n) is 5.19. The van der Waals surface area contributed by atoms with Gasteiger partial charge in [-0.2, -0.15) is 0 Å². The molecule has 4 rings (SSSR count). The quantitative estimate of drug-likeness (QED) is 0.284. The maximum absolute atomic E-state index is 12.5. The molecule has 0 fully saturated rings. The summed E-state index contributed by atoms with van der Waals surface area (Å²) >= 11 is 0. The molecule has 4 aromatic rings. The van der Waals surface area contributed by atoms with Gasteiger partial charge < -0.3 is 14.8 Å². The lowest BCUT2D eigenvalue weighted by Crippen LogP contribution is -2.14. The summed E-state index contributed by atoms with van der Waals surface area (Å²) in [6, 6.07) is 26.0. The SMILES string of the molecule is COc1cc(C=CC(=O)Nc2ccc(S(=O)(=O)Nc3ccccn3)cc2)ccc1OCc1ccccc1. The fraction of sp³-hybridized carbons (Fsp3) is 0.0714. The molecule has 0 aliphatic heterocycles. The van der Waals surface area contributed by atoms with E-state index in [9.17, 15) is 13.2 Å². The topological polar surface area (TPSA) is 107 Å². The van der Waals surface area contributed by atoms with E-state index in [4.69, 9.17) is 9.47 Å². The third-order valence-corrected chi connectivity index (χ3v) is 6.56. The van der Waals surface area contributed by atoms with Crippen LogP contribution in [-0.4, -0.2) is 26.4 Å². The molecule has 8 nitrogen and oxygen atoms in total. The Bertz CT molecular complexity index is 1470. The van der Waals surface area contributed by atoms with Crippen LogP contribution in [0.1, 0.15) is 11.1 Å². The lowest BCUT2D eigenvalue weighted by atomic mass is 10.2. The first-order chi connectivity index (χ1) is 17.9. The largest absolute Gasteiger partial charge is 0.493 e. The van der Waals surface area contributed by atoms with Gasteiger partial charge in [-0.15, -0.1) is 0 Å². The third kappa shape index (κ3) is 7.18. The number of amides is 1. The average molecular weight is 516 g/mol. The molecule has 0 aliphatic rings. The standard InChI is InChI=1S/C28H25N3O5S/c1-35-26-19-21(10-16-25(26)36-20-22-7-3-2-4-8-22)11-17-28(32)30-23-12-14-24(15-13-23)37(33,34)31-27-9-5-6-18-29-27/h2-19H,20H2,1H3,(H,29,31)(H,30,32). The van der Waals surface area contributed by atoms with Crippen LogP contribution in [0.4, 0.5) is 11.5 Å². The van der Waals surface area contributed by atoms with E-state index in [0.717, 1.165) is 11.1 Å². The maximum atomic E-state index is 12.5. The molecule has 1 amide bonds. The Morgan fingerprint density at radius 1 is 0.919 bits per heavy atom. The second kappa shape index (κ2) is 11.9. The molecule has 3 aromatic carbocycles. The van der Waals surface area contributed by atoms with Crippen LogP contribution < -0.4 is 19.5 Å². The number of nitrogens with zero attached hydrogens (tertiary/aromatic N) is 1. The van der Waals surface area contributed by atoms with Gasteiger partial charge in [0.05, 0.1) is 12.0 Å². The number of methoxy groups -OCH3 is 1. The van der Waals surface area contributed by atoms with Crippen molar-refractivity contribution in [2.75, 3.05) is 17.1 Å². The van der Waals surface area contributed by atoms with Crippen LogP contribution in [0, 0.1) is 0 Å². The number of aromatic nitrogens is 1. The molecule has 0 bridgehead atoms. The Morgan fingerprint density at radius 2 is 1.68 bits per heavy atom. The minimum absolute atomic E-state index is 0.0494. The summed E-state index contributed by atoms with van der Waals surface area (Å²) in [6.07, 6.45) is 4.52. The first kappa shape index (κ1) is 25.5. The van der Waals surface area contributed by atoms with Crippen molar-refractivity contribution in [3.63, 3.8) is 0 Å². The molecule has 188 valence electrons. The van der Waals surface area contributed by atoms with Crippen LogP contribution in [0.2, 0.25) is 0 Å². The predicted octanol–water partition coefficient (Wildman–Crippen LogP) is 5.12. The van der Waals surface area contributed by atoms with E-state index in [1.165, 1.54) is 36.5 Å². The highest BCUT2D eigenvalue weighted by Crippen LogP contribution is 2.29. The molecule has 0 saturated carbocycles. The average Bonchev–Trinajstić information content (AvgIpc) is 2.92. The summed E-state index contributed by atoms with van der Waals surface area (Å²) in [4.78, 5) is 16.4. The first-order valence-electron chi connectivity index (χ1n) is 11.3. The summed E-state index contributed by atoms with van der Waals surface area (Å²) in [5.41, 5.74) is 2.25. The number of rotatable bonds is 10. The Kier molecular flexibility index (Phi) is 8.17. The summed E-state index contributed by atoms with van der Waals surface area (Å²) in [5.74, 6) is 0.998. The van der Waals surface area contributed by atoms with Crippen molar-refractivity contribution in [1.29, 1.82) is 0 Å². The molecular formula is C28H25N3O5S. The normalized spacial score (nSPS) is 11.2. The van der Waals surface area contributed by atoms with Crippen LogP contribution in [-0.2, 0) is 21.4 Å². The van der Waals surface area contributed by atoms with Gasteiger partial charge in [0.1, 0.15) is 12.4 Å². The fourth-order valence-corrected chi connectivity index (χ4v) is 4.34. The van der Waals surface area contributed by atoms with Crippen LogP contribution in [0.3, 0.4) is 0 Å². The Morgan fingerprint density at radius 3 is 2.38 bits per heavy atom. The molecule has 37 heavy (non-hydrogen) atoms. The molecule has 0 atom stereocenters. The highest BCUT2D eigenvalue weighted by atomic mass is 32.2. The number of benzene rings is 3. The molecule has 0 radical (unpaired) electrons. The Labute approximate surface area is 215 Å². The van der Waals surface area contributed by atoms with E-state index in [0.29, 0.717) is 23.8 Å². The van der Waals surface area contributed by atoms with Gasteiger partial charge in [-0.1, -0.05) is 42.5 Å². The van der Waals surface area contributed by atoms with Gasteiger partial charge in [0.15, 0.2) is 11.5 Å². The van der Waals surface area contributed by atoms with Crippen molar-refractivity contribution in [3.8, 4) is 11.5 Å². The van der Waals surface area contributed by atoms with Crippen molar-refractivity contribution in [2.45, 2.75) is 11.5 Å². The zero-order chi connectivity index (χ0) is 26.1. The summed E-state index contributed by atoms with van der Waals surface area (Å²) < 4.78 is 38.7. The second-order valence-corrected chi connectivity index (χ2v) is 9.53. The number of hydrogen-bond donors (Lipinski definition) is 2. The van der Waals surface area contributed by atoms with Gasteiger partial charge >= 0.3 is 0 Å². The van der Waals surface area contributed by atoms with Gasteiger partial charge in [-0.3, -0.25) is 9.52 Å². The minimum Gasteiger partial charge on any atom is -0.493 e. The zero-order valence-corrected chi connectivity index (χ0v) is 20.8. The molecular weight excluding hydrogens is 490 g/mol. The number of nitrogens with one attached hydrogen (secondary N) is 2. The van der Waals surface area contributed by atoms with Crippen molar-refractivity contribution in [2.24, 2.45) is 0 Å². The minimum atomic E-state index is -3.80. The van der Waals surface area contributed by atoms with Crippen LogP contribution >= 0.6 is 0 Å². The van der Waals surface area contributed by atoms with Gasteiger partial charge in [0.25, 0.3) is 10.0 Å². The number of carbonyl (C=O) groups is 1. The van der Waals surface area contributed by atoms with E-state index >= 15 is 0 Å².